The maximum atomic E-state index is 10.8. The van der Waals surface area contributed by atoms with Crippen LogP contribution in [0.15, 0.2) is 24.5 Å². The Morgan fingerprint density at radius 2 is 2.40 bits per heavy atom. The summed E-state index contributed by atoms with van der Waals surface area (Å²) in [5, 5.41) is 7.16. The molecule has 0 spiro atoms. The number of fused-ring (bicyclic) bond motifs is 1. The third-order valence-corrected chi connectivity index (χ3v) is 2.73. The lowest BCUT2D eigenvalue weighted by Crippen LogP contribution is -2.11. The lowest BCUT2D eigenvalue weighted by Gasteiger charge is -2.03. The SMILES string of the molecule is CS(=O)CCNc1ccn2nccc2n1. The van der Waals surface area contributed by atoms with Crippen LogP contribution in [0.1, 0.15) is 0 Å². The summed E-state index contributed by atoms with van der Waals surface area (Å²) in [5.74, 6) is 1.42. The summed E-state index contributed by atoms with van der Waals surface area (Å²) >= 11 is 0. The lowest BCUT2D eigenvalue weighted by atomic mass is 10.5. The van der Waals surface area contributed by atoms with Gasteiger partial charge in [0.05, 0.1) is 6.20 Å². The van der Waals surface area contributed by atoms with Gasteiger partial charge in [-0.3, -0.25) is 4.21 Å². The van der Waals surface area contributed by atoms with Gasteiger partial charge < -0.3 is 5.32 Å². The molecule has 0 radical (unpaired) electrons. The van der Waals surface area contributed by atoms with Gasteiger partial charge in [0.15, 0.2) is 5.65 Å². The smallest absolute Gasteiger partial charge is 0.157 e. The minimum Gasteiger partial charge on any atom is -0.369 e. The van der Waals surface area contributed by atoms with E-state index >= 15 is 0 Å². The van der Waals surface area contributed by atoms with Crippen LogP contribution in [0.25, 0.3) is 5.65 Å². The highest BCUT2D eigenvalue weighted by Crippen LogP contribution is 2.04. The first kappa shape index (κ1) is 10.1. The Kier molecular flexibility index (Phi) is 2.96. The van der Waals surface area contributed by atoms with Gasteiger partial charge in [-0.15, -0.1) is 0 Å². The van der Waals surface area contributed by atoms with Crippen LogP contribution in [0.3, 0.4) is 0 Å². The Morgan fingerprint density at radius 3 is 3.20 bits per heavy atom. The minimum absolute atomic E-state index is 0.631. The molecule has 6 heteroatoms. The standard InChI is InChI=1S/C9H12N4OS/c1-15(14)7-5-10-8-3-6-13-9(12-8)2-4-11-13/h2-4,6H,5,7H2,1H3,(H,10,12). The second kappa shape index (κ2) is 4.39. The number of rotatable bonds is 4. The van der Waals surface area contributed by atoms with Crippen molar-refractivity contribution in [3.63, 3.8) is 0 Å². The fourth-order valence-corrected chi connectivity index (χ4v) is 1.62. The van der Waals surface area contributed by atoms with E-state index in [4.69, 9.17) is 0 Å². The van der Waals surface area contributed by atoms with Gasteiger partial charge in [0.2, 0.25) is 0 Å². The molecule has 2 aromatic rings. The molecule has 0 saturated carbocycles. The van der Waals surface area contributed by atoms with E-state index in [0.717, 1.165) is 11.5 Å². The Balaban J connectivity index is 2.04. The highest BCUT2D eigenvalue weighted by Gasteiger charge is 1.98. The van der Waals surface area contributed by atoms with Gasteiger partial charge in [0.25, 0.3) is 0 Å². The van der Waals surface area contributed by atoms with E-state index in [-0.39, 0.29) is 0 Å². The van der Waals surface area contributed by atoms with Gasteiger partial charge in [-0.1, -0.05) is 0 Å². The predicted octanol–water partition coefficient (Wildman–Crippen LogP) is 0.520. The van der Waals surface area contributed by atoms with Crippen LogP contribution in [-0.2, 0) is 10.8 Å². The molecule has 15 heavy (non-hydrogen) atoms. The van der Waals surface area contributed by atoms with E-state index in [9.17, 15) is 4.21 Å². The number of aromatic nitrogens is 3. The second-order valence-corrected chi connectivity index (χ2v) is 4.71. The monoisotopic (exact) mass is 224 g/mol. The first-order valence-electron chi connectivity index (χ1n) is 4.60. The molecule has 0 aliphatic carbocycles. The van der Waals surface area contributed by atoms with Gasteiger partial charge in [0.1, 0.15) is 5.82 Å². The third kappa shape index (κ3) is 2.53. The summed E-state index contributed by atoms with van der Waals surface area (Å²) in [5.41, 5.74) is 0.803. The van der Waals surface area contributed by atoms with Crippen molar-refractivity contribution in [2.75, 3.05) is 23.9 Å². The quantitative estimate of drug-likeness (QED) is 0.822. The van der Waals surface area contributed by atoms with Gasteiger partial charge >= 0.3 is 0 Å². The summed E-state index contributed by atoms with van der Waals surface area (Å²) < 4.78 is 12.5. The largest absolute Gasteiger partial charge is 0.369 e. The fourth-order valence-electron chi connectivity index (χ4n) is 1.23. The normalized spacial score (nSPS) is 12.9. The van der Waals surface area contributed by atoms with Crippen molar-refractivity contribution in [2.24, 2.45) is 0 Å². The van der Waals surface area contributed by atoms with Crippen LogP contribution in [0, 0.1) is 0 Å². The Bertz CT molecular complexity index is 482. The molecule has 2 heterocycles. The lowest BCUT2D eigenvalue weighted by molar-refractivity contribution is 0.687. The second-order valence-electron chi connectivity index (χ2n) is 3.15. The van der Waals surface area contributed by atoms with Crippen LogP contribution in [0.2, 0.25) is 0 Å². The average Bonchev–Trinajstić information content (AvgIpc) is 2.64. The van der Waals surface area contributed by atoms with Crippen LogP contribution in [0.4, 0.5) is 5.82 Å². The third-order valence-electron chi connectivity index (χ3n) is 1.95. The summed E-state index contributed by atoms with van der Waals surface area (Å²) in [6.45, 7) is 0.667. The molecule has 0 amide bonds. The first-order valence-corrected chi connectivity index (χ1v) is 6.33. The van der Waals surface area contributed by atoms with E-state index in [1.807, 2.05) is 18.3 Å². The predicted molar refractivity (Wildman–Crippen MR) is 60.4 cm³/mol. The van der Waals surface area contributed by atoms with Crippen molar-refractivity contribution in [1.29, 1.82) is 0 Å². The summed E-state index contributed by atoms with van der Waals surface area (Å²) in [6, 6.07) is 3.68. The minimum atomic E-state index is -0.766. The number of nitrogens with one attached hydrogen (secondary N) is 1. The summed E-state index contributed by atoms with van der Waals surface area (Å²) in [4.78, 5) is 4.32. The number of nitrogens with zero attached hydrogens (tertiary/aromatic N) is 3. The molecule has 0 aromatic carbocycles. The molecule has 0 fully saturated rings. The van der Waals surface area contributed by atoms with Gasteiger partial charge in [-0.2, -0.15) is 5.10 Å². The van der Waals surface area contributed by atoms with E-state index in [2.05, 4.69) is 15.4 Å². The highest BCUT2D eigenvalue weighted by atomic mass is 32.2. The zero-order valence-electron chi connectivity index (χ0n) is 8.38. The van der Waals surface area contributed by atoms with E-state index in [1.54, 1.807) is 17.0 Å². The van der Waals surface area contributed by atoms with Crippen molar-refractivity contribution >= 4 is 22.3 Å². The van der Waals surface area contributed by atoms with Crippen molar-refractivity contribution in [3.05, 3.63) is 24.5 Å². The van der Waals surface area contributed by atoms with Crippen molar-refractivity contribution in [1.82, 2.24) is 14.6 Å². The first-order chi connectivity index (χ1) is 7.25. The van der Waals surface area contributed by atoms with Crippen LogP contribution >= 0.6 is 0 Å². The highest BCUT2D eigenvalue weighted by molar-refractivity contribution is 7.84. The molecule has 0 saturated heterocycles. The van der Waals surface area contributed by atoms with E-state index < -0.39 is 10.8 Å². The van der Waals surface area contributed by atoms with Crippen LogP contribution in [-0.4, -0.2) is 37.4 Å². The zero-order valence-corrected chi connectivity index (χ0v) is 9.20. The Labute approximate surface area is 90.0 Å². The molecule has 2 rings (SSSR count). The molecule has 2 aromatic heterocycles. The van der Waals surface area contributed by atoms with Gasteiger partial charge in [0, 0.05) is 41.6 Å². The molecule has 1 unspecified atom stereocenters. The maximum Gasteiger partial charge on any atom is 0.157 e. The number of anilines is 1. The van der Waals surface area contributed by atoms with Crippen molar-refractivity contribution in [2.45, 2.75) is 0 Å². The molecule has 1 atom stereocenters. The summed E-state index contributed by atoms with van der Waals surface area (Å²) in [6.07, 6.45) is 5.23. The zero-order chi connectivity index (χ0) is 10.7. The van der Waals surface area contributed by atoms with Gasteiger partial charge in [-0.05, 0) is 6.07 Å². The Morgan fingerprint density at radius 1 is 1.53 bits per heavy atom. The Hall–Kier alpha value is -1.43. The molecule has 1 N–H and O–H groups in total. The summed E-state index contributed by atoms with van der Waals surface area (Å²) in [7, 11) is -0.766. The fraction of sp³-hybridized carbons (Fsp3) is 0.333. The number of hydrogen-bond donors (Lipinski definition) is 1. The average molecular weight is 224 g/mol. The van der Waals surface area contributed by atoms with Crippen molar-refractivity contribution in [3.8, 4) is 0 Å². The molecular weight excluding hydrogens is 212 g/mol. The molecule has 0 aliphatic rings. The molecule has 0 aliphatic heterocycles. The molecule has 5 nitrogen and oxygen atoms in total. The van der Waals surface area contributed by atoms with Gasteiger partial charge in [-0.25, -0.2) is 9.50 Å². The van der Waals surface area contributed by atoms with E-state index in [1.165, 1.54) is 0 Å². The van der Waals surface area contributed by atoms with E-state index in [0.29, 0.717) is 12.3 Å². The topological polar surface area (TPSA) is 59.3 Å². The number of hydrogen-bond acceptors (Lipinski definition) is 4. The van der Waals surface area contributed by atoms with Crippen molar-refractivity contribution < 1.29 is 4.21 Å². The molecule has 0 bridgehead atoms. The van der Waals surface area contributed by atoms with Crippen LogP contribution < -0.4 is 5.32 Å². The molecular formula is C9H12N4OS. The van der Waals surface area contributed by atoms with Crippen LogP contribution in [0.5, 0.6) is 0 Å². The molecule has 80 valence electrons. The maximum absolute atomic E-state index is 10.8.